The summed E-state index contributed by atoms with van der Waals surface area (Å²) in [7, 11) is 0.349. The number of benzene rings is 1. The van der Waals surface area contributed by atoms with Crippen molar-refractivity contribution in [2.75, 3.05) is 24.1 Å². The van der Waals surface area contributed by atoms with Gasteiger partial charge in [-0.3, -0.25) is 19.1 Å². The van der Waals surface area contributed by atoms with E-state index in [1.54, 1.807) is 29.0 Å². The van der Waals surface area contributed by atoms with Crippen LogP contribution < -0.4 is 15.6 Å². The van der Waals surface area contributed by atoms with E-state index in [1.165, 1.54) is 30.5 Å². The van der Waals surface area contributed by atoms with Crippen molar-refractivity contribution in [3.8, 4) is 11.3 Å². The fourth-order valence-corrected chi connectivity index (χ4v) is 6.62. The summed E-state index contributed by atoms with van der Waals surface area (Å²) in [6.07, 6.45) is 7.33. The second-order valence-electron chi connectivity index (χ2n) is 11.3. The molecular weight excluding hydrogens is 557 g/mol. The Hall–Kier alpha value is -3.90. The first kappa shape index (κ1) is 29.6. The number of nitrogens with one attached hydrogen (secondary N) is 2. The first-order chi connectivity index (χ1) is 20.0. The van der Waals surface area contributed by atoms with Gasteiger partial charge in [0.25, 0.3) is 5.56 Å². The van der Waals surface area contributed by atoms with E-state index in [4.69, 9.17) is 4.98 Å². The summed E-state index contributed by atoms with van der Waals surface area (Å²) < 4.78 is 43.2. The second kappa shape index (κ2) is 12.1. The Labute approximate surface area is 245 Å². The quantitative estimate of drug-likeness (QED) is 0.284. The molecule has 5 rings (SSSR count). The standard InChI is InChI=1S/C30H36FN7O3S/c1-19(2)38-28-21(16-33-30(35-28)34-22-9-12-24(13-10-22)37(3)4)15-25(29(38)39)27-14-11-23(17-32-27)36-42(40,41)18-20-7-5-6-8-26(20)31/h5-8,11,14-17,19,22,24,36H,9-10,12-13,18H2,1-4H3,(H,33,34,35)/t22-,24-. The molecule has 1 aliphatic carbocycles. The Balaban J connectivity index is 1.38. The highest BCUT2D eigenvalue weighted by molar-refractivity contribution is 7.91. The van der Waals surface area contributed by atoms with Gasteiger partial charge < -0.3 is 10.2 Å². The third-order valence-electron chi connectivity index (χ3n) is 7.67. The molecule has 2 N–H and O–H groups in total. The Bertz CT molecular complexity index is 1730. The molecule has 3 heterocycles. The van der Waals surface area contributed by atoms with Crippen LogP contribution >= 0.6 is 0 Å². The van der Waals surface area contributed by atoms with Crippen molar-refractivity contribution in [1.29, 1.82) is 0 Å². The Kier molecular flexibility index (Phi) is 8.55. The Morgan fingerprint density at radius 3 is 2.43 bits per heavy atom. The minimum absolute atomic E-state index is 0.0669. The molecule has 222 valence electrons. The number of sulfonamides is 1. The van der Waals surface area contributed by atoms with Crippen LogP contribution in [0.1, 0.15) is 51.1 Å². The molecule has 1 fully saturated rings. The maximum atomic E-state index is 14.0. The van der Waals surface area contributed by atoms with Crippen molar-refractivity contribution < 1.29 is 12.8 Å². The zero-order chi connectivity index (χ0) is 30.0. The number of anilines is 2. The van der Waals surface area contributed by atoms with Gasteiger partial charge in [-0.2, -0.15) is 4.98 Å². The molecule has 12 heteroatoms. The normalized spacial score (nSPS) is 17.6. The lowest BCUT2D eigenvalue weighted by Gasteiger charge is -2.33. The molecule has 0 bridgehead atoms. The second-order valence-corrected chi connectivity index (χ2v) is 13.0. The molecule has 1 aromatic carbocycles. The maximum absolute atomic E-state index is 14.0. The molecule has 1 saturated carbocycles. The van der Waals surface area contributed by atoms with Gasteiger partial charge in [-0.15, -0.1) is 0 Å². The fourth-order valence-electron chi connectivity index (χ4n) is 5.42. The molecule has 0 unspecified atom stereocenters. The molecule has 0 radical (unpaired) electrons. The lowest BCUT2D eigenvalue weighted by Crippen LogP contribution is -2.36. The van der Waals surface area contributed by atoms with Crippen LogP contribution in [0.3, 0.4) is 0 Å². The smallest absolute Gasteiger partial charge is 0.261 e. The number of pyridine rings is 2. The van der Waals surface area contributed by atoms with Crippen LogP contribution in [-0.4, -0.2) is 59.0 Å². The summed E-state index contributed by atoms with van der Waals surface area (Å²) >= 11 is 0. The molecule has 0 spiro atoms. The number of aromatic nitrogens is 4. The van der Waals surface area contributed by atoms with Gasteiger partial charge >= 0.3 is 0 Å². The molecular formula is C30H36FN7O3S. The van der Waals surface area contributed by atoms with Gasteiger partial charge in [0.15, 0.2) is 0 Å². The van der Waals surface area contributed by atoms with Gasteiger partial charge in [0.2, 0.25) is 16.0 Å². The van der Waals surface area contributed by atoms with Gasteiger partial charge in [-0.25, -0.2) is 17.8 Å². The summed E-state index contributed by atoms with van der Waals surface area (Å²) in [6.45, 7) is 3.84. The number of fused-ring (bicyclic) bond motifs is 1. The van der Waals surface area contributed by atoms with Crippen LogP contribution in [0.2, 0.25) is 0 Å². The van der Waals surface area contributed by atoms with E-state index in [9.17, 15) is 17.6 Å². The van der Waals surface area contributed by atoms with Gasteiger partial charge in [0.05, 0.1) is 28.9 Å². The van der Waals surface area contributed by atoms with Crippen LogP contribution in [0, 0.1) is 5.82 Å². The average molecular weight is 594 g/mol. The van der Waals surface area contributed by atoms with Crippen molar-refractivity contribution in [1.82, 2.24) is 24.4 Å². The summed E-state index contributed by atoms with van der Waals surface area (Å²) in [6, 6.07) is 11.2. The predicted molar refractivity (Wildman–Crippen MR) is 163 cm³/mol. The van der Waals surface area contributed by atoms with Crippen LogP contribution in [-0.2, 0) is 15.8 Å². The van der Waals surface area contributed by atoms with Crippen LogP contribution in [0.15, 0.2) is 59.7 Å². The molecule has 4 aromatic rings. The highest BCUT2D eigenvalue weighted by Gasteiger charge is 2.23. The maximum Gasteiger partial charge on any atom is 0.261 e. The summed E-state index contributed by atoms with van der Waals surface area (Å²) in [5.41, 5.74) is 1.29. The fraction of sp³-hybridized carbons (Fsp3) is 0.400. The molecule has 0 atom stereocenters. The Morgan fingerprint density at radius 1 is 1.05 bits per heavy atom. The zero-order valence-corrected chi connectivity index (χ0v) is 25.0. The minimum Gasteiger partial charge on any atom is -0.351 e. The number of hydrogen-bond acceptors (Lipinski definition) is 8. The van der Waals surface area contributed by atoms with E-state index in [0.717, 1.165) is 25.7 Å². The third kappa shape index (κ3) is 6.60. The van der Waals surface area contributed by atoms with E-state index in [1.807, 2.05) is 13.8 Å². The zero-order valence-electron chi connectivity index (χ0n) is 24.2. The van der Waals surface area contributed by atoms with Crippen LogP contribution in [0.4, 0.5) is 16.0 Å². The van der Waals surface area contributed by atoms with E-state index in [-0.39, 0.29) is 28.9 Å². The SMILES string of the molecule is CC(C)n1c(=O)c(-c2ccc(NS(=O)(=O)Cc3ccccc3F)cn2)cc2cnc(N[C@H]3CC[C@H](N(C)C)CC3)nc21. The lowest BCUT2D eigenvalue weighted by molar-refractivity contribution is 0.221. The third-order valence-corrected chi connectivity index (χ3v) is 8.90. The monoisotopic (exact) mass is 593 g/mol. The molecule has 0 amide bonds. The van der Waals surface area contributed by atoms with Gasteiger partial charge in [0, 0.05) is 35.3 Å². The van der Waals surface area contributed by atoms with Crippen LogP contribution in [0.5, 0.6) is 0 Å². The van der Waals surface area contributed by atoms with Crippen molar-refractivity contribution in [2.24, 2.45) is 0 Å². The topological polar surface area (TPSA) is 122 Å². The summed E-state index contributed by atoms with van der Waals surface area (Å²) in [4.78, 5) is 29.6. The minimum atomic E-state index is -3.88. The molecule has 42 heavy (non-hydrogen) atoms. The molecule has 10 nitrogen and oxygen atoms in total. The first-order valence-electron chi connectivity index (χ1n) is 14.1. The van der Waals surface area contributed by atoms with E-state index in [2.05, 4.69) is 39.0 Å². The molecule has 1 aliphatic rings. The number of rotatable bonds is 9. The average Bonchev–Trinajstić information content (AvgIpc) is 2.94. The van der Waals surface area contributed by atoms with E-state index in [0.29, 0.717) is 34.3 Å². The molecule has 0 saturated heterocycles. The van der Waals surface area contributed by atoms with Gasteiger partial charge in [0.1, 0.15) is 11.5 Å². The molecule has 3 aromatic heterocycles. The van der Waals surface area contributed by atoms with E-state index >= 15 is 0 Å². The number of halogens is 1. The van der Waals surface area contributed by atoms with Crippen molar-refractivity contribution >= 4 is 32.7 Å². The van der Waals surface area contributed by atoms with Crippen molar-refractivity contribution in [3.05, 3.63) is 76.6 Å². The summed E-state index contributed by atoms with van der Waals surface area (Å²) in [5, 5.41) is 4.15. The van der Waals surface area contributed by atoms with Crippen LogP contribution in [0.25, 0.3) is 22.3 Å². The highest BCUT2D eigenvalue weighted by atomic mass is 32.2. The number of nitrogens with zero attached hydrogens (tertiary/aromatic N) is 5. The van der Waals surface area contributed by atoms with Gasteiger partial charge in [-0.05, 0) is 77.9 Å². The number of hydrogen-bond donors (Lipinski definition) is 2. The van der Waals surface area contributed by atoms with Gasteiger partial charge in [-0.1, -0.05) is 18.2 Å². The van der Waals surface area contributed by atoms with Crippen molar-refractivity contribution in [3.63, 3.8) is 0 Å². The first-order valence-corrected chi connectivity index (χ1v) is 15.7. The molecule has 0 aliphatic heterocycles. The highest BCUT2D eigenvalue weighted by Crippen LogP contribution is 2.26. The predicted octanol–water partition coefficient (Wildman–Crippen LogP) is 4.80. The lowest BCUT2D eigenvalue weighted by atomic mass is 9.91. The van der Waals surface area contributed by atoms with Crippen molar-refractivity contribution in [2.45, 2.75) is 63.4 Å². The largest absolute Gasteiger partial charge is 0.351 e. The van der Waals surface area contributed by atoms with E-state index < -0.39 is 21.6 Å². The summed E-state index contributed by atoms with van der Waals surface area (Å²) in [5.74, 6) is -0.602. The Morgan fingerprint density at radius 2 is 1.79 bits per heavy atom.